The van der Waals surface area contributed by atoms with E-state index in [-0.39, 0.29) is 17.7 Å². The van der Waals surface area contributed by atoms with Gasteiger partial charge < -0.3 is 14.7 Å². The lowest BCUT2D eigenvalue weighted by Crippen LogP contribution is -2.58. The number of rotatable bonds is 4. The quantitative estimate of drug-likeness (QED) is 0.764. The van der Waals surface area contributed by atoms with E-state index in [2.05, 4.69) is 11.8 Å². The van der Waals surface area contributed by atoms with Gasteiger partial charge in [-0.3, -0.25) is 14.4 Å². The van der Waals surface area contributed by atoms with Crippen molar-refractivity contribution in [3.05, 3.63) is 35.4 Å². The molecule has 1 unspecified atom stereocenters. The van der Waals surface area contributed by atoms with Crippen LogP contribution in [0.15, 0.2) is 24.3 Å². The van der Waals surface area contributed by atoms with E-state index in [1.54, 1.807) is 6.92 Å². The third kappa shape index (κ3) is 3.72. The molecule has 3 aliphatic rings. The normalized spacial score (nSPS) is 23.5. The van der Waals surface area contributed by atoms with Gasteiger partial charge in [0.05, 0.1) is 12.0 Å². The zero-order valence-electron chi connectivity index (χ0n) is 18.2. The molecular weight excluding hydrogens is 378 g/mol. The maximum atomic E-state index is 13.5. The number of fused-ring (bicyclic) bond motifs is 1. The third-order valence-electron chi connectivity index (χ3n) is 7.43. The highest BCUT2D eigenvalue weighted by molar-refractivity contribution is 5.99. The van der Waals surface area contributed by atoms with Gasteiger partial charge in [-0.15, -0.1) is 0 Å². The van der Waals surface area contributed by atoms with Crippen LogP contribution in [0.5, 0.6) is 0 Å². The summed E-state index contributed by atoms with van der Waals surface area (Å²) in [5.74, 6) is 0.259. The van der Waals surface area contributed by atoms with Gasteiger partial charge in [-0.05, 0) is 50.2 Å². The summed E-state index contributed by atoms with van der Waals surface area (Å²) in [6, 6.07) is 8.06. The number of carbonyl (C=O) groups excluding carboxylic acids is 3. The number of nitrogens with zero attached hydrogens (tertiary/aromatic N) is 3. The molecule has 1 aromatic rings. The number of amides is 3. The van der Waals surface area contributed by atoms with Gasteiger partial charge in [0, 0.05) is 44.7 Å². The number of benzene rings is 1. The number of piperidine rings is 2. The molecule has 0 saturated carbocycles. The highest BCUT2D eigenvalue weighted by Gasteiger charge is 2.48. The number of hydrogen-bond acceptors (Lipinski definition) is 3. The fraction of sp³-hybridized carbons (Fsp3) is 0.625. The fourth-order valence-corrected chi connectivity index (χ4v) is 5.55. The molecule has 3 aliphatic heterocycles. The first kappa shape index (κ1) is 20.9. The fourth-order valence-electron chi connectivity index (χ4n) is 5.55. The largest absolute Gasteiger partial charge is 0.343 e. The van der Waals surface area contributed by atoms with Crippen LogP contribution in [0.4, 0.5) is 0 Å². The average Bonchev–Trinajstić information content (AvgIpc) is 3.11. The number of hydrogen-bond donors (Lipinski definition) is 0. The topological polar surface area (TPSA) is 60.9 Å². The second kappa shape index (κ2) is 8.40. The molecule has 6 nitrogen and oxygen atoms in total. The molecule has 30 heavy (non-hydrogen) atoms. The van der Waals surface area contributed by atoms with Crippen molar-refractivity contribution in [2.24, 2.45) is 0 Å². The first-order chi connectivity index (χ1) is 14.4. The van der Waals surface area contributed by atoms with Gasteiger partial charge in [-0.2, -0.15) is 0 Å². The Labute approximate surface area is 179 Å². The van der Waals surface area contributed by atoms with Gasteiger partial charge in [-0.25, -0.2) is 0 Å². The van der Waals surface area contributed by atoms with Gasteiger partial charge >= 0.3 is 0 Å². The van der Waals surface area contributed by atoms with Gasteiger partial charge in [-0.1, -0.05) is 25.1 Å². The Morgan fingerprint density at radius 3 is 2.50 bits per heavy atom. The van der Waals surface area contributed by atoms with Crippen LogP contribution in [-0.4, -0.2) is 63.6 Å². The lowest BCUT2D eigenvalue weighted by atomic mass is 9.81. The molecule has 3 heterocycles. The molecule has 2 fully saturated rings. The smallest absolute Gasteiger partial charge is 0.254 e. The molecule has 6 heteroatoms. The zero-order chi connectivity index (χ0) is 21.3. The Kier molecular flexibility index (Phi) is 5.85. The minimum absolute atomic E-state index is 0.0281. The minimum atomic E-state index is -0.519. The van der Waals surface area contributed by atoms with Crippen molar-refractivity contribution in [1.82, 2.24) is 14.7 Å². The minimum Gasteiger partial charge on any atom is -0.343 e. The predicted molar refractivity (Wildman–Crippen MR) is 115 cm³/mol. The summed E-state index contributed by atoms with van der Waals surface area (Å²) in [5, 5.41) is 0. The Morgan fingerprint density at radius 2 is 1.83 bits per heavy atom. The predicted octanol–water partition coefficient (Wildman–Crippen LogP) is 3.20. The van der Waals surface area contributed by atoms with Gasteiger partial charge in [0.1, 0.15) is 0 Å². The van der Waals surface area contributed by atoms with Gasteiger partial charge in [0.25, 0.3) is 5.91 Å². The monoisotopic (exact) mass is 411 g/mol. The molecule has 0 spiro atoms. The van der Waals surface area contributed by atoms with E-state index in [1.165, 1.54) is 6.42 Å². The summed E-state index contributed by atoms with van der Waals surface area (Å²) in [4.78, 5) is 44.6. The highest BCUT2D eigenvalue weighted by atomic mass is 16.2. The molecule has 0 radical (unpaired) electrons. The van der Waals surface area contributed by atoms with Crippen LogP contribution in [0.3, 0.4) is 0 Å². The maximum Gasteiger partial charge on any atom is 0.254 e. The molecule has 1 atom stereocenters. The van der Waals surface area contributed by atoms with Crippen LogP contribution in [0.1, 0.15) is 74.7 Å². The summed E-state index contributed by atoms with van der Waals surface area (Å²) in [6.45, 7) is 6.31. The van der Waals surface area contributed by atoms with Crippen LogP contribution in [0.2, 0.25) is 0 Å². The summed E-state index contributed by atoms with van der Waals surface area (Å²) in [5.41, 5.74) is 1.27. The van der Waals surface area contributed by atoms with Crippen molar-refractivity contribution in [3.63, 3.8) is 0 Å². The Balaban J connectivity index is 1.60. The zero-order valence-corrected chi connectivity index (χ0v) is 18.2. The second-order valence-electron chi connectivity index (χ2n) is 9.10. The van der Waals surface area contributed by atoms with E-state index in [0.717, 1.165) is 36.9 Å². The van der Waals surface area contributed by atoms with E-state index >= 15 is 0 Å². The second-order valence-corrected chi connectivity index (χ2v) is 9.10. The highest BCUT2D eigenvalue weighted by Crippen LogP contribution is 2.39. The molecule has 0 aromatic heterocycles. The molecular formula is C24H33N3O3. The molecule has 0 bridgehead atoms. The van der Waals surface area contributed by atoms with E-state index in [1.807, 2.05) is 34.1 Å². The van der Waals surface area contributed by atoms with Crippen LogP contribution in [-0.2, 0) is 16.1 Å². The van der Waals surface area contributed by atoms with E-state index < -0.39 is 5.54 Å². The summed E-state index contributed by atoms with van der Waals surface area (Å²) >= 11 is 0. The standard InChI is InChI=1S/C24H33N3O3/c1-3-20-9-6-7-13-26(20)22(29)16-24(11-14-25(15-12-24)18(2)28)27-17-19-8-4-5-10-21(19)23(27)30/h4-5,8,10,20H,3,6-7,9,11-17H2,1-2H3. The summed E-state index contributed by atoms with van der Waals surface area (Å²) in [7, 11) is 0. The molecule has 1 aromatic carbocycles. The Bertz CT molecular complexity index is 829. The van der Waals surface area contributed by atoms with Gasteiger partial charge in [0.2, 0.25) is 11.8 Å². The third-order valence-corrected chi connectivity index (χ3v) is 7.43. The van der Waals surface area contributed by atoms with Crippen molar-refractivity contribution in [2.45, 2.75) is 76.9 Å². The lowest BCUT2D eigenvalue weighted by Gasteiger charge is -2.48. The first-order valence-corrected chi connectivity index (χ1v) is 11.4. The number of likely N-dealkylation sites (tertiary alicyclic amines) is 2. The van der Waals surface area contributed by atoms with Crippen LogP contribution >= 0.6 is 0 Å². The first-order valence-electron chi connectivity index (χ1n) is 11.4. The molecule has 4 rings (SSSR count). The van der Waals surface area contributed by atoms with Crippen molar-refractivity contribution in [2.75, 3.05) is 19.6 Å². The summed E-state index contributed by atoms with van der Waals surface area (Å²) < 4.78 is 0. The van der Waals surface area contributed by atoms with E-state index in [9.17, 15) is 14.4 Å². The Hall–Kier alpha value is -2.37. The SMILES string of the molecule is CCC1CCCCN1C(=O)CC1(N2Cc3ccccc3C2=O)CCN(C(C)=O)CC1. The van der Waals surface area contributed by atoms with Crippen LogP contribution < -0.4 is 0 Å². The maximum absolute atomic E-state index is 13.5. The molecule has 0 N–H and O–H groups in total. The van der Waals surface area contributed by atoms with Crippen molar-refractivity contribution in [3.8, 4) is 0 Å². The van der Waals surface area contributed by atoms with Gasteiger partial charge in [0.15, 0.2) is 0 Å². The Morgan fingerprint density at radius 1 is 1.10 bits per heavy atom. The summed E-state index contributed by atoms with van der Waals surface area (Å²) in [6.07, 6.45) is 5.95. The molecule has 162 valence electrons. The molecule has 2 saturated heterocycles. The molecule has 0 aliphatic carbocycles. The van der Waals surface area contributed by atoms with Crippen LogP contribution in [0.25, 0.3) is 0 Å². The molecule has 3 amide bonds. The number of carbonyl (C=O) groups is 3. The average molecular weight is 412 g/mol. The van der Waals surface area contributed by atoms with E-state index in [4.69, 9.17) is 0 Å². The van der Waals surface area contributed by atoms with Crippen molar-refractivity contribution < 1.29 is 14.4 Å². The lowest BCUT2D eigenvalue weighted by molar-refractivity contribution is -0.139. The van der Waals surface area contributed by atoms with Crippen molar-refractivity contribution in [1.29, 1.82) is 0 Å². The van der Waals surface area contributed by atoms with Crippen molar-refractivity contribution >= 4 is 17.7 Å². The van der Waals surface area contributed by atoms with Crippen LogP contribution in [0, 0.1) is 0 Å². The van der Waals surface area contributed by atoms with E-state index in [0.29, 0.717) is 44.9 Å².